The minimum atomic E-state index is -4.64. The van der Waals surface area contributed by atoms with E-state index >= 15 is 0 Å². The number of unbranched alkanes of at least 4 members (excludes halogenated alkanes) is 4. The SMILES string of the molecule is CCCCCCCOP(=O)(O)OCC(F)(F)F. The quantitative estimate of drug-likeness (QED) is 0.516. The maximum atomic E-state index is 11.7. The van der Waals surface area contributed by atoms with Crippen molar-refractivity contribution in [2.45, 2.75) is 45.2 Å². The van der Waals surface area contributed by atoms with Crippen molar-refractivity contribution < 1.29 is 31.7 Å². The lowest BCUT2D eigenvalue weighted by molar-refractivity contribution is -0.157. The van der Waals surface area contributed by atoms with Gasteiger partial charge >= 0.3 is 14.0 Å². The molecule has 104 valence electrons. The highest BCUT2D eigenvalue weighted by Gasteiger charge is 2.33. The van der Waals surface area contributed by atoms with Crippen molar-refractivity contribution in [3.63, 3.8) is 0 Å². The largest absolute Gasteiger partial charge is 0.472 e. The maximum Gasteiger partial charge on any atom is 0.472 e. The van der Waals surface area contributed by atoms with Crippen LogP contribution in [0.25, 0.3) is 0 Å². The molecule has 0 aromatic rings. The number of halogens is 3. The van der Waals surface area contributed by atoms with Crippen LogP contribution < -0.4 is 0 Å². The number of phosphoric ester groups is 1. The van der Waals surface area contributed by atoms with Crippen molar-refractivity contribution in [1.82, 2.24) is 0 Å². The van der Waals surface area contributed by atoms with Crippen LogP contribution in [0.4, 0.5) is 13.2 Å². The molecular weight excluding hydrogens is 260 g/mol. The molecule has 0 spiro atoms. The highest BCUT2D eigenvalue weighted by atomic mass is 31.2. The molecule has 17 heavy (non-hydrogen) atoms. The van der Waals surface area contributed by atoms with E-state index in [4.69, 9.17) is 4.89 Å². The summed E-state index contributed by atoms with van der Waals surface area (Å²) in [6, 6.07) is 0. The fraction of sp³-hybridized carbons (Fsp3) is 1.00. The van der Waals surface area contributed by atoms with E-state index in [1.54, 1.807) is 0 Å². The van der Waals surface area contributed by atoms with Gasteiger partial charge in [-0.3, -0.25) is 9.05 Å². The van der Waals surface area contributed by atoms with Crippen molar-refractivity contribution in [3.8, 4) is 0 Å². The van der Waals surface area contributed by atoms with E-state index in [0.29, 0.717) is 6.42 Å². The Morgan fingerprint density at radius 2 is 1.71 bits per heavy atom. The summed E-state index contributed by atoms with van der Waals surface area (Å²) in [5.41, 5.74) is 0. The van der Waals surface area contributed by atoms with Gasteiger partial charge < -0.3 is 4.89 Å². The van der Waals surface area contributed by atoms with Crippen LogP contribution in [0.5, 0.6) is 0 Å². The first-order chi connectivity index (χ1) is 7.77. The Labute approximate surface area is 98.7 Å². The van der Waals surface area contributed by atoms with Crippen LogP contribution in [0, 0.1) is 0 Å². The molecule has 0 aromatic carbocycles. The Balaban J connectivity index is 3.61. The Kier molecular flexibility index (Phi) is 8.03. The van der Waals surface area contributed by atoms with E-state index in [0.717, 1.165) is 25.7 Å². The van der Waals surface area contributed by atoms with E-state index < -0.39 is 20.6 Å². The molecule has 0 amide bonds. The van der Waals surface area contributed by atoms with E-state index in [9.17, 15) is 17.7 Å². The van der Waals surface area contributed by atoms with E-state index in [1.807, 2.05) is 6.92 Å². The molecule has 1 unspecified atom stereocenters. The van der Waals surface area contributed by atoms with E-state index in [1.165, 1.54) is 0 Å². The Morgan fingerprint density at radius 1 is 1.12 bits per heavy atom. The molecule has 0 aliphatic rings. The molecule has 4 nitrogen and oxygen atoms in total. The normalized spacial score (nSPS) is 15.8. The fourth-order valence-corrected chi connectivity index (χ4v) is 1.82. The van der Waals surface area contributed by atoms with Gasteiger partial charge in [-0.1, -0.05) is 32.6 Å². The fourth-order valence-electron chi connectivity index (χ4n) is 1.08. The van der Waals surface area contributed by atoms with Gasteiger partial charge in [0.05, 0.1) is 6.61 Å². The summed E-state index contributed by atoms with van der Waals surface area (Å²) in [7, 11) is -4.56. The van der Waals surface area contributed by atoms with Gasteiger partial charge in [0.25, 0.3) is 0 Å². The first-order valence-corrected chi connectivity index (χ1v) is 6.95. The summed E-state index contributed by atoms with van der Waals surface area (Å²) in [6.07, 6.45) is -0.204. The third-order valence-corrected chi connectivity index (χ3v) is 2.86. The minimum absolute atomic E-state index is 0.0741. The molecule has 1 atom stereocenters. The van der Waals surface area contributed by atoms with Crippen LogP contribution in [0.3, 0.4) is 0 Å². The lowest BCUT2D eigenvalue weighted by Gasteiger charge is -2.13. The summed E-state index contributed by atoms with van der Waals surface area (Å²) in [5, 5.41) is 0. The number of alkyl halides is 3. The Morgan fingerprint density at radius 3 is 2.24 bits per heavy atom. The topological polar surface area (TPSA) is 55.8 Å². The third kappa shape index (κ3) is 12.2. The summed E-state index contributed by atoms with van der Waals surface area (Å²) in [6.45, 7) is 0.190. The molecule has 0 aliphatic carbocycles. The first kappa shape index (κ1) is 16.9. The van der Waals surface area contributed by atoms with Crippen LogP contribution in [0.2, 0.25) is 0 Å². The van der Waals surface area contributed by atoms with Crippen molar-refractivity contribution in [3.05, 3.63) is 0 Å². The molecular formula is C9H18F3O4P. The highest BCUT2D eigenvalue weighted by molar-refractivity contribution is 7.47. The molecule has 0 heterocycles. The molecule has 0 bridgehead atoms. The van der Waals surface area contributed by atoms with Crippen molar-refractivity contribution >= 4 is 7.82 Å². The van der Waals surface area contributed by atoms with Gasteiger partial charge in [0.15, 0.2) is 6.61 Å². The van der Waals surface area contributed by atoms with Crippen LogP contribution in [-0.2, 0) is 13.6 Å². The molecule has 8 heteroatoms. The lowest BCUT2D eigenvalue weighted by atomic mass is 10.2. The molecule has 0 aliphatic heterocycles. The lowest BCUT2D eigenvalue weighted by Crippen LogP contribution is -2.16. The second-order valence-electron chi connectivity index (χ2n) is 3.60. The molecule has 0 saturated heterocycles. The van der Waals surface area contributed by atoms with Crippen molar-refractivity contribution in [2.24, 2.45) is 0 Å². The Hall–Kier alpha value is -0.100. The molecule has 0 radical (unpaired) electrons. The van der Waals surface area contributed by atoms with Crippen LogP contribution in [0.15, 0.2) is 0 Å². The Bertz CT molecular complexity index is 245. The predicted molar refractivity (Wildman–Crippen MR) is 56.5 cm³/mol. The van der Waals surface area contributed by atoms with Gasteiger partial charge in [-0.15, -0.1) is 0 Å². The molecule has 0 rings (SSSR count). The highest BCUT2D eigenvalue weighted by Crippen LogP contribution is 2.44. The van der Waals surface area contributed by atoms with E-state index in [-0.39, 0.29) is 6.61 Å². The van der Waals surface area contributed by atoms with Crippen LogP contribution in [0.1, 0.15) is 39.0 Å². The molecule has 0 aromatic heterocycles. The molecule has 0 fully saturated rings. The van der Waals surface area contributed by atoms with Gasteiger partial charge in [-0.05, 0) is 6.42 Å². The zero-order valence-corrected chi connectivity index (χ0v) is 10.6. The van der Waals surface area contributed by atoms with Crippen molar-refractivity contribution in [1.29, 1.82) is 0 Å². The summed E-state index contributed by atoms with van der Waals surface area (Å²) < 4.78 is 54.2. The van der Waals surface area contributed by atoms with Crippen LogP contribution in [-0.4, -0.2) is 24.3 Å². The average Bonchev–Trinajstić information content (AvgIpc) is 2.20. The number of phosphoric acid groups is 1. The monoisotopic (exact) mass is 278 g/mol. The minimum Gasteiger partial charge on any atom is -0.302 e. The van der Waals surface area contributed by atoms with Crippen molar-refractivity contribution in [2.75, 3.05) is 13.2 Å². The van der Waals surface area contributed by atoms with Gasteiger partial charge in [0.2, 0.25) is 0 Å². The zero-order valence-electron chi connectivity index (χ0n) is 9.70. The summed E-state index contributed by atoms with van der Waals surface area (Å²) in [5.74, 6) is 0. The maximum absolute atomic E-state index is 11.7. The second kappa shape index (κ2) is 8.08. The van der Waals surface area contributed by atoms with Gasteiger partial charge in [-0.2, -0.15) is 13.2 Å². The standard InChI is InChI=1S/C9H18F3O4P/c1-2-3-4-5-6-7-15-17(13,14)16-8-9(10,11)12/h2-8H2,1H3,(H,13,14). The number of hydrogen-bond acceptors (Lipinski definition) is 3. The first-order valence-electron chi connectivity index (χ1n) is 5.45. The molecule has 0 saturated carbocycles. The molecule has 1 N–H and O–H groups in total. The number of hydrogen-bond donors (Lipinski definition) is 1. The van der Waals surface area contributed by atoms with Gasteiger partial charge in [-0.25, -0.2) is 4.57 Å². The van der Waals surface area contributed by atoms with Gasteiger partial charge in [0, 0.05) is 0 Å². The van der Waals surface area contributed by atoms with Gasteiger partial charge in [0.1, 0.15) is 0 Å². The number of rotatable bonds is 9. The van der Waals surface area contributed by atoms with Crippen LogP contribution >= 0.6 is 7.82 Å². The average molecular weight is 278 g/mol. The second-order valence-corrected chi connectivity index (χ2v) is 5.06. The summed E-state index contributed by atoms with van der Waals surface area (Å²) >= 11 is 0. The summed E-state index contributed by atoms with van der Waals surface area (Å²) in [4.78, 5) is 8.89. The third-order valence-electron chi connectivity index (χ3n) is 1.89. The smallest absolute Gasteiger partial charge is 0.302 e. The zero-order chi connectivity index (χ0) is 13.4. The predicted octanol–water partition coefficient (Wildman–Crippen LogP) is 3.65. The van der Waals surface area contributed by atoms with E-state index in [2.05, 4.69) is 9.05 Å².